The zero-order valence-electron chi connectivity index (χ0n) is 14.9. The molecule has 4 rings (SSSR count). The van der Waals surface area contributed by atoms with E-state index in [1.807, 2.05) is 6.07 Å². The van der Waals surface area contributed by atoms with Crippen LogP contribution in [0.4, 0.5) is 0 Å². The Hall–Kier alpha value is -2.18. The van der Waals surface area contributed by atoms with E-state index in [9.17, 15) is 9.59 Å². The van der Waals surface area contributed by atoms with E-state index in [4.69, 9.17) is 10.5 Å². The van der Waals surface area contributed by atoms with Crippen molar-refractivity contribution in [1.29, 1.82) is 0 Å². The molecule has 3 N–H and O–H groups in total. The molecule has 0 saturated carbocycles. The molecule has 2 aromatic carbocycles. The van der Waals surface area contributed by atoms with Gasteiger partial charge in [-0.1, -0.05) is 0 Å². The van der Waals surface area contributed by atoms with Crippen LogP contribution < -0.4 is 21.4 Å². The number of benzene rings is 2. The van der Waals surface area contributed by atoms with Gasteiger partial charge in [-0.15, -0.1) is 0 Å². The third-order valence-corrected chi connectivity index (χ3v) is 7.33. The third-order valence-electron chi connectivity index (χ3n) is 4.89. The Morgan fingerprint density at radius 3 is 2.85 bits per heavy atom. The van der Waals surface area contributed by atoms with E-state index in [2.05, 4.69) is 41.4 Å². The van der Waals surface area contributed by atoms with Crippen LogP contribution in [-0.4, -0.2) is 36.7 Å². The number of hydrogen-bond acceptors (Lipinski definition) is 4. The first-order chi connectivity index (χ1) is 13.0. The molecule has 3 atom stereocenters. The number of ether oxygens (including phenoxy) is 1. The first-order valence-electron chi connectivity index (χ1n) is 8.86. The number of aryl methyl sites for hydroxylation is 1. The van der Waals surface area contributed by atoms with Crippen LogP contribution in [-0.2, 0) is 4.74 Å². The standard InChI is InChI=1S/C20H21N3O3Se/c1-12-10-23(20(25)22-19(12)24)18-9-15(21)16(26-18)11-27-17-8-4-6-13-5-2-3-7-14(13)17/h2-8,10,15-16,18H,9,11,21H2,1H3,(H,22,24,25)/t15-,16+,18+/m0/s1. The molecular formula is C20H21N3O3Se. The second-order valence-electron chi connectivity index (χ2n) is 6.80. The number of hydrogen-bond donors (Lipinski definition) is 2. The molecule has 140 valence electrons. The van der Waals surface area contributed by atoms with Crippen LogP contribution >= 0.6 is 0 Å². The number of aromatic amines is 1. The van der Waals surface area contributed by atoms with Crippen LogP contribution in [0.1, 0.15) is 18.2 Å². The van der Waals surface area contributed by atoms with E-state index in [1.165, 1.54) is 19.8 Å². The monoisotopic (exact) mass is 431 g/mol. The molecule has 7 heteroatoms. The zero-order chi connectivity index (χ0) is 19.0. The molecule has 0 bridgehead atoms. The van der Waals surface area contributed by atoms with Crippen molar-refractivity contribution in [3.63, 3.8) is 0 Å². The molecule has 0 spiro atoms. The van der Waals surface area contributed by atoms with Crippen molar-refractivity contribution >= 4 is 30.2 Å². The SMILES string of the molecule is Cc1cn([C@H]2C[C@H](N)[C@@H](C[Se]c3cccc4ccccc34)O2)c(=O)[nH]c1=O. The normalized spacial score (nSPS) is 22.4. The Bertz CT molecular complexity index is 1090. The number of H-pyrrole nitrogens is 1. The first kappa shape index (κ1) is 18.2. The summed E-state index contributed by atoms with van der Waals surface area (Å²) < 4.78 is 8.88. The maximum absolute atomic E-state index is 12.1. The van der Waals surface area contributed by atoms with Gasteiger partial charge in [0.25, 0.3) is 0 Å². The van der Waals surface area contributed by atoms with E-state index < -0.39 is 11.9 Å². The van der Waals surface area contributed by atoms with Gasteiger partial charge in [-0.2, -0.15) is 0 Å². The summed E-state index contributed by atoms with van der Waals surface area (Å²) in [6.45, 7) is 1.67. The maximum atomic E-state index is 12.1. The van der Waals surface area contributed by atoms with Gasteiger partial charge in [0.1, 0.15) is 0 Å². The molecular weight excluding hydrogens is 409 g/mol. The average molecular weight is 430 g/mol. The molecule has 6 nitrogen and oxygen atoms in total. The summed E-state index contributed by atoms with van der Waals surface area (Å²) in [6, 6.07) is 14.6. The number of aromatic nitrogens is 2. The Balaban J connectivity index is 1.50. The summed E-state index contributed by atoms with van der Waals surface area (Å²) in [5.74, 6) is 0. The van der Waals surface area contributed by atoms with Crippen LogP contribution in [0.2, 0.25) is 5.32 Å². The van der Waals surface area contributed by atoms with Gasteiger partial charge in [-0.25, -0.2) is 0 Å². The Labute approximate surface area is 162 Å². The fourth-order valence-electron chi connectivity index (χ4n) is 3.38. The molecule has 0 amide bonds. The molecule has 3 aromatic rings. The van der Waals surface area contributed by atoms with E-state index in [0.717, 1.165) is 5.32 Å². The molecule has 1 aliphatic heterocycles. The first-order valence-corrected chi connectivity index (χ1v) is 10.9. The molecule has 0 aliphatic carbocycles. The topological polar surface area (TPSA) is 90.1 Å². The zero-order valence-corrected chi connectivity index (χ0v) is 16.6. The molecule has 2 heterocycles. The summed E-state index contributed by atoms with van der Waals surface area (Å²) in [7, 11) is 0. The van der Waals surface area contributed by atoms with Gasteiger partial charge in [0, 0.05) is 0 Å². The van der Waals surface area contributed by atoms with Gasteiger partial charge in [0.15, 0.2) is 0 Å². The van der Waals surface area contributed by atoms with Crippen molar-refractivity contribution < 1.29 is 4.74 Å². The predicted octanol–water partition coefficient (Wildman–Crippen LogP) is 1.06. The minimum atomic E-state index is -0.456. The van der Waals surface area contributed by atoms with Gasteiger partial charge in [-0.05, 0) is 0 Å². The van der Waals surface area contributed by atoms with Crippen molar-refractivity contribution in [2.45, 2.75) is 37.0 Å². The molecule has 27 heavy (non-hydrogen) atoms. The average Bonchev–Trinajstić information content (AvgIpc) is 3.03. The molecule has 1 fully saturated rings. The Morgan fingerprint density at radius 2 is 2.00 bits per heavy atom. The molecule has 1 aliphatic rings. The summed E-state index contributed by atoms with van der Waals surface area (Å²) in [6.07, 6.45) is 1.57. The van der Waals surface area contributed by atoms with Crippen LogP contribution in [0, 0.1) is 6.92 Å². The molecule has 0 radical (unpaired) electrons. The summed E-state index contributed by atoms with van der Waals surface area (Å²) in [5.41, 5.74) is 5.96. The molecule has 1 aromatic heterocycles. The summed E-state index contributed by atoms with van der Waals surface area (Å²) >= 11 is 0.212. The fourth-order valence-corrected chi connectivity index (χ4v) is 5.87. The van der Waals surface area contributed by atoms with Crippen molar-refractivity contribution in [3.05, 3.63) is 75.1 Å². The van der Waals surface area contributed by atoms with Gasteiger partial charge in [-0.3, -0.25) is 0 Å². The number of nitrogens with zero attached hydrogens (tertiary/aromatic N) is 1. The quantitative estimate of drug-likeness (QED) is 0.606. The van der Waals surface area contributed by atoms with Gasteiger partial charge < -0.3 is 0 Å². The van der Waals surface area contributed by atoms with Gasteiger partial charge >= 0.3 is 162 Å². The van der Waals surface area contributed by atoms with E-state index in [1.54, 1.807) is 13.1 Å². The Kier molecular flexibility index (Phi) is 5.02. The summed E-state index contributed by atoms with van der Waals surface area (Å²) in [5, 5.41) is 3.35. The van der Waals surface area contributed by atoms with Gasteiger partial charge in [0.05, 0.1) is 0 Å². The Morgan fingerprint density at radius 1 is 1.22 bits per heavy atom. The van der Waals surface area contributed by atoms with E-state index in [-0.39, 0.29) is 32.7 Å². The van der Waals surface area contributed by atoms with Crippen LogP contribution in [0.25, 0.3) is 10.8 Å². The van der Waals surface area contributed by atoms with Crippen LogP contribution in [0.5, 0.6) is 0 Å². The number of nitrogens with two attached hydrogens (primary N) is 1. The van der Waals surface area contributed by atoms with E-state index in [0.29, 0.717) is 12.0 Å². The number of fused-ring (bicyclic) bond motifs is 1. The molecule has 1 saturated heterocycles. The molecule has 0 unspecified atom stereocenters. The third kappa shape index (κ3) is 3.64. The second kappa shape index (κ2) is 7.44. The van der Waals surface area contributed by atoms with Crippen molar-refractivity contribution in [3.8, 4) is 0 Å². The van der Waals surface area contributed by atoms with Crippen LogP contribution in [0.3, 0.4) is 0 Å². The number of rotatable bonds is 4. The van der Waals surface area contributed by atoms with Gasteiger partial charge in [0.2, 0.25) is 0 Å². The predicted molar refractivity (Wildman–Crippen MR) is 107 cm³/mol. The van der Waals surface area contributed by atoms with Crippen molar-refractivity contribution in [1.82, 2.24) is 9.55 Å². The van der Waals surface area contributed by atoms with Crippen LogP contribution in [0.15, 0.2) is 58.3 Å². The number of nitrogens with one attached hydrogen (secondary N) is 1. The van der Waals surface area contributed by atoms with Crippen molar-refractivity contribution in [2.75, 3.05) is 0 Å². The fraction of sp³-hybridized carbons (Fsp3) is 0.300. The van der Waals surface area contributed by atoms with E-state index >= 15 is 0 Å². The summed E-state index contributed by atoms with van der Waals surface area (Å²) in [4.78, 5) is 26.0. The van der Waals surface area contributed by atoms with Crippen molar-refractivity contribution in [2.24, 2.45) is 5.73 Å². The second-order valence-corrected chi connectivity index (χ2v) is 9.02. The minimum absolute atomic E-state index is 0.104.